The summed E-state index contributed by atoms with van der Waals surface area (Å²) < 4.78 is 5.86. The molecule has 4 nitrogen and oxygen atoms in total. The Hall–Kier alpha value is -3.11. The van der Waals surface area contributed by atoms with Crippen molar-refractivity contribution in [1.29, 1.82) is 0 Å². The van der Waals surface area contributed by atoms with Crippen molar-refractivity contribution in [1.82, 2.24) is 15.2 Å². The molecule has 4 rings (SSSR count). The second kappa shape index (κ2) is 11.0. The average molecular weight is 428 g/mol. The number of aryl methyl sites for hydroxylation is 1. The molecule has 1 unspecified atom stereocenters. The predicted molar refractivity (Wildman–Crippen MR) is 131 cm³/mol. The smallest absolute Gasteiger partial charge is 0.119 e. The van der Waals surface area contributed by atoms with Gasteiger partial charge in [-0.05, 0) is 62.7 Å². The molecule has 4 heteroatoms. The van der Waals surface area contributed by atoms with Crippen LogP contribution in [0, 0.1) is 12.8 Å². The maximum atomic E-state index is 5.86. The van der Waals surface area contributed by atoms with Gasteiger partial charge in [-0.15, -0.1) is 0 Å². The van der Waals surface area contributed by atoms with Gasteiger partial charge in [0.15, 0.2) is 0 Å². The largest absolute Gasteiger partial charge is 0.492 e. The van der Waals surface area contributed by atoms with Gasteiger partial charge in [0.2, 0.25) is 0 Å². The Kier molecular flexibility index (Phi) is 7.57. The van der Waals surface area contributed by atoms with Crippen LogP contribution in [-0.4, -0.2) is 36.1 Å². The summed E-state index contributed by atoms with van der Waals surface area (Å²) >= 11 is 0. The molecule has 3 aromatic rings. The van der Waals surface area contributed by atoms with Crippen LogP contribution in [0.2, 0.25) is 0 Å². The van der Waals surface area contributed by atoms with E-state index in [0.717, 1.165) is 56.2 Å². The number of nitrogens with one attached hydrogen (secondary N) is 1. The summed E-state index contributed by atoms with van der Waals surface area (Å²) in [5.74, 6) is 1.41. The maximum absolute atomic E-state index is 5.86. The maximum Gasteiger partial charge on any atom is 0.119 e. The minimum absolute atomic E-state index is 0.0147. The molecule has 166 valence electrons. The van der Waals surface area contributed by atoms with Gasteiger partial charge in [0, 0.05) is 24.4 Å². The highest BCUT2D eigenvalue weighted by atomic mass is 16.5. The van der Waals surface area contributed by atoms with Gasteiger partial charge < -0.3 is 10.1 Å². The van der Waals surface area contributed by atoms with E-state index in [0.29, 0.717) is 5.92 Å². The molecular weight excluding hydrogens is 394 g/mol. The molecule has 0 amide bonds. The molecule has 1 fully saturated rings. The molecule has 0 saturated carbocycles. The number of hydrogen-bond donors (Lipinski definition) is 1. The Morgan fingerprint density at radius 3 is 2.56 bits per heavy atom. The van der Waals surface area contributed by atoms with Gasteiger partial charge in [-0.1, -0.05) is 60.7 Å². The Morgan fingerprint density at radius 2 is 1.84 bits per heavy atom. The summed E-state index contributed by atoms with van der Waals surface area (Å²) in [6, 6.07) is 24.8. The van der Waals surface area contributed by atoms with Crippen molar-refractivity contribution in [3.63, 3.8) is 0 Å². The molecule has 1 atom stereocenters. The first-order valence-electron chi connectivity index (χ1n) is 11.5. The molecule has 0 bridgehead atoms. The van der Waals surface area contributed by atoms with E-state index >= 15 is 0 Å². The monoisotopic (exact) mass is 427 g/mol. The third kappa shape index (κ3) is 5.98. The fraction of sp³-hybridized carbons (Fsp3) is 0.321. The summed E-state index contributed by atoms with van der Waals surface area (Å²) in [5.41, 5.74) is 4.61. The number of ether oxygens (including phenoxy) is 1. The van der Waals surface area contributed by atoms with E-state index in [9.17, 15) is 0 Å². The summed E-state index contributed by atoms with van der Waals surface area (Å²) in [4.78, 5) is 7.12. The molecule has 0 aliphatic carbocycles. The van der Waals surface area contributed by atoms with Crippen molar-refractivity contribution < 1.29 is 4.74 Å². The Morgan fingerprint density at radius 1 is 1.06 bits per heavy atom. The Balaban J connectivity index is 1.31. The third-order valence-electron chi connectivity index (χ3n) is 6.19. The quantitative estimate of drug-likeness (QED) is 0.498. The fourth-order valence-corrected chi connectivity index (χ4v) is 4.34. The number of pyridine rings is 1. The van der Waals surface area contributed by atoms with Gasteiger partial charge in [0.25, 0.3) is 0 Å². The first-order valence-corrected chi connectivity index (χ1v) is 11.5. The van der Waals surface area contributed by atoms with Crippen molar-refractivity contribution in [2.45, 2.75) is 25.8 Å². The standard InChI is InChI=1S/C28H33N3O/c1-22-9-8-10-25(21-22)28(27-13-6-7-16-29-27)30-23(2)24-14-17-31(18-15-24)19-20-32-26-11-4-3-5-12-26/h3-13,16,21,24,28,30H,2,14-15,17-20H2,1H3. The minimum Gasteiger partial charge on any atom is -0.492 e. The van der Waals surface area contributed by atoms with Crippen LogP contribution in [0.5, 0.6) is 5.75 Å². The Labute approximate surface area is 192 Å². The summed E-state index contributed by atoms with van der Waals surface area (Å²) in [6.07, 6.45) is 4.08. The van der Waals surface area contributed by atoms with E-state index < -0.39 is 0 Å². The van der Waals surface area contributed by atoms with E-state index in [4.69, 9.17) is 4.74 Å². The Bertz CT molecular complexity index is 982. The summed E-state index contributed by atoms with van der Waals surface area (Å²) in [5, 5.41) is 3.73. The minimum atomic E-state index is 0.0147. The van der Waals surface area contributed by atoms with E-state index in [-0.39, 0.29) is 6.04 Å². The number of benzene rings is 2. The van der Waals surface area contributed by atoms with Gasteiger partial charge >= 0.3 is 0 Å². The van der Waals surface area contributed by atoms with E-state index in [1.165, 1.54) is 11.1 Å². The van der Waals surface area contributed by atoms with E-state index in [1.807, 2.05) is 48.7 Å². The molecule has 2 heterocycles. The number of likely N-dealkylation sites (tertiary alicyclic amines) is 1. The van der Waals surface area contributed by atoms with Crippen molar-refractivity contribution in [3.8, 4) is 5.75 Å². The average Bonchev–Trinajstić information content (AvgIpc) is 2.84. The lowest BCUT2D eigenvalue weighted by molar-refractivity contribution is 0.162. The molecule has 1 N–H and O–H groups in total. The second-order valence-corrected chi connectivity index (χ2v) is 8.55. The molecule has 1 aliphatic rings. The van der Waals surface area contributed by atoms with Gasteiger partial charge in [-0.25, -0.2) is 0 Å². The highest BCUT2D eigenvalue weighted by Crippen LogP contribution is 2.28. The molecule has 2 aromatic carbocycles. The normalized spacial score (nSPS) is 15.8. The second-order valence-electron chi connectivity index (χ2n) is 8.55. The number of aromatic nitrogens is 1. The van der Waals surface area contributed by atoms with Crippen molar-refractivity contribution in [2.75, 3.05) is 26.2 Å². The number of hydrogen-bond acceptors (Lipinski definition) is 4. The van der Waals surface area contributed by atoms with Crippen LogP contribution in [0.1, 0.15) is 35.7 Å². The first kappa shape index (κ1) is 22.1. The van der Waals surface area contributed by atoms with Crippen molar-refractivity contribution >= 4 is 0 Å². The highest BCUT2D eigenvalue weighted by Gasteiger charge is 2.24. The van der Waals surface area contributed by atoms with Crippen LogP contribution in [0.15, 0.2) is 91.3 Å². The summed E-state index contributed by atoms with van der Waals surface area (Å²) in [7, 11) is 0. The predicted octanol–water partition coefficient (Wildman–Crippen LogP) is 5.37. The van der Waals surface area contributed by atoms with Gasteiger partial charge in [0.05, 0.1) is 11.7 Å². The topological polar surface area (TPSA) is 37.4 Å². The van der Waals surface area contributed by atoms with Gasteiger partial charge in [-0.3, -0.25) is 9.88 Å². The lowest BCUT2D eigenvalue weighted by Gasteiger charge is -2.34. The van der Waals surface area contributed by atoms with Crippen LogP contribution in [-0.2, 0) is 0 Å². The molecule has 0 spiro atoms. The van der Waals surface area contributed by atoms with Crippen LogP contribution < -0.4 is 10.1 Å². The zero-order valence-corrected chi connectivity index (χ0v) is 18.9. The number of rotatable bonds is 9. The number of nitrogens with zero attached hydrogens (tertiary/aromatic N) is 2. The molecule has 1 aliphatic heterocycles. The van der Waals surface area contributed by atoms with Crippen molar-refractivity contribution in [2.24, 2.45) is 5.92 Å². The van der Waals surface area contributed by atoms with Crippen LogP contribution in [0.4, 0.5) is 0 Å². The lowest BCUT2D eigenvalue weighted by Crippen LogP contribution is -2.38. The lowest BCUT2D eigenvalue weighted by atomic mass is 9.92. The van der Waals surface area contributed by atoms with Gasteiger partial charge in [0.1, 0.15) is 12.4 Å². The zero-order chi connectivity index (χ0) is 22.2. The fourth-order valence-electron chi connectivity index (χ4n) is 4.34. The number of piperidine rings is 1. The molecule has 32 heavy (non-hydrogen) atoms. The van der Waals surface area contributed by atoms with Crippen LogP contribution in [0.3, 0.4) is 0 Å². The number of allylic oxidation sites excluding steroid dienone is 1. The molecule has 1 saturated heterocycles. The first-order chi connectivity index (χ1) is 15.7. The van der Waals surface area contributed by atoms with E-state index in [1.54, 1.807) is 0 Å². The molecule has 0 radical (unpaired) electrons. The molecule has 1 aromatic heterocycles. The molecular formula is C28H33N3O. The summed E-state index contributed by atoms with van der Waals surface area (Å²) in [6.45, 7) is 10.4. The SMILES string of the molecule is C=C(NC(c1cccc(C)c1)c1ccccn1)C1CCN(CCOc2ccccc2)CC1. The number of para-hydroxylation sites is 1. The highest BCUT2D eigenvalue weighted by molar-refractivity contribution is 5.32. The zero-order valence-electron chi connectivity index (χ0n) is 18.9. The van der Waals surface area contributed by atoms with Crippen LogP contribution >= 0.6 is 0 Å². The van der Waals surface area contributed by atoms with E-state index in [2.05, 4.69) is 59.0 Å². The van der Waals surface area contributed by atoms with Crippen LogP contribution in [0.25, 0.3) is 0 Å². The van der Waals surface area contributed by atoms with Gasteiger partial charge in [-0.2, -0.15) is 0 Å². The third-order valence-corrected chi connectivity index (χ3v) is 6.19. The van der Waals surface area contributed by atoms with Crippen molar-refractivity contribution in [3.05, 3.63) is 108 Å².